The summed E-state index contributed by atoms with van der Waals surface area (Å²) in [4.78, 5) is 0. The molecule has 0 aromatic rings. The highest BCUT2D eigenvalue weighted by atomic mass is 16.5. The van der Waals surface area contributed by atoms with Gasteiger partial charge in [-0.3, -0.25) is 0 Å². The summed E-state index contributed by atoms with van der Waals surface area (Å²) >= 11 is 0. The lowest BCUT2D eigenvalue weighted by atomic mass is 10.1. The molecule has 0 saturated heterocycles. The second kappa shape index (κ2) is 36.5. The summed E-state index contributed by atoms with van der Waals surface area (Å²) in [7, 11) is 0. The Morgan fingerprint density at radius 1 is 0.375 bits per heavy atom. The van der Waals surface area contributed by atoms with Gasteiger partial charge in [0.15, 0.2) is 0 Å². The van der Waals surface area contributed by atoms with Crippen LogP contribution in [-0.4, -0.2) is 12.7 Å². The minimum absolute atomic E-state index is 0.450. The first-order chi connectivity index (χ1) is 19.8. The topological polar surface area (TPSA) is 9.23 Å². The van der Waals surface area contributed by atoms with E-state index in [1.54, 1.807) is 0 Å². The maximum atomic E-state index is 6.07. The highest BCUT2D eigenvalue weighted by Gasteiger charge is 2.02. The summed E-state index contributed by atoms with van der Waals surface area (Å²) < 4.78 is 6.07. The van der Waals surface area contributed by atoms with Gasteiger partial charge in [0, 0.05) is 6.61 Å². The van der Waals surface area contributed by atoms with Crippen molar-refractivity contribution in [3.63, 3.8) is 0 Å². The summed E-state index contributed by atoms with van der Waals surface area (Å²) in [5.41, 5.74) is 0. The maximum Gasteiger partial charge on any atom is 0.0547 e. The third kappa shape index (κ3) is 35.5. The van der Waals surface area contributed by atoms with E-state index in [9.17, 15) is 0 Å². The first-order valence-electron chi connectivity index (χ1n) is 18.7. The number of hydrogen-bond acceptors (Lipinski definition) is 1. The Hall–Kier alpha value is -0.560. The van der Waals surface area contributed by atoms with Crippen molar-refractivity contribution in [3.05, 3.63) is 24.3 Å². The van der Waals surface area contributed by atoms with E-state index in [1.807, 2.05) is 0 Å². The van der Waals surface area contributed by atoms with Crippen molar-refractivity contribution in [2.75, 3.05) is 6.61 Å². The lowest BCUT2D eigenvalue weighted by molar-refractivity contribution is 0.0557. The Labute approximate surface area is 254 Å². The Kier molecular flexibility index (Phi) is 36.0. The van der Waals surface area contributed by atoms with Gasteiger partial charge in [0.2, 0.25) is 0 Å². The molecule has 0 bridgehead atoms. The normalized spacial score (nSPS) is 12.8. The predicted octanol–water partition coefficient (Wildman–Crippen LogP) is 14.2. The molecule has 0 N–H and O–H groups in total. The molecule has 0 radical (unpaired) electrons. The van der Waals surface area contributed by atoms with Crippen LogP contribution in [0.1, 0.15) is 213 Å². The second-order valence-electron chi connectivity index (χ2n) is 12.7. The van der Waals surface area contributed by atoms with Crippen LogP contribution in [0.15, 0.2) is 24.3 Å². The highest BCUT2D eigenvalue weighted by molar-refractivity contribution is 4.82. The third-order valence-corrected chi connectivity index (χ3v) is 8.43. The molecule has 0 fully saturated rings. The largest absolute Gasteiger partial charge is 0.379 e. The minimum atomic E-state index is 0.450. The van der Waals surface area contributed by atoms with E-state index in [-0.39, 0.29) is 0 Å². The van der Waals surface area contributed by atoms with Crippen LogP contribution in [0, 0.1) is 0 Å². The molecule has 0 rings (SSSR count). The van der Waals surface area contributed by atoms with Gasteiger partial charge >= 0.3 is 0 Å². The molecular weight excluding hydrogens is 484 g/mol. The number of allylic oxidation sites excluding steroid dienone is 4. The number of rotatable bonds is 34. The van der Waals surface area contributed by atoms with Gasteiger partial charge in [0.1, 0.15) is 0 Å². The highest BCUT2D eigenvalue weighted by Crippen LogP contribution is 2.14. The summed E-state index contributed by atoms with van der Waals surface area (Å²) in [6.45, 7) is 7.83. The van der Waals surface area contributed by atoms with Gasteiger partial charge in [0.25, 0.3) is 0 Å². The number of ether oxygens (including phenoxy) is 1. The fourth-order valence-electron chi connectivity index (χ4n) is 5.57. The van der Waals surface area contributed by atoms with Crippen molar-refractivity contribution in [3.8, 4) is 0 Å². The Balaban J connectivity index is 3.22. The standard InChI is InChI=1S/C39H76O/c1-4-6-8-10-12-14-16-18-20-22-23-25-27-29-31-33-35-37-39(3)40-38-36-34-32-30-28-26-24-21-19-17-15-13-11-9-7-5-2/h18-21,39H,4-17,22-38H2,1-3H3/b20-18-,21-19-. The van der Waals surface area contributed by atoms with Crippen LogP contribution in [0.5, 0.6) is 0 Å². The van der Waals surface area contributed by atoms with Crippen LogP contribution in [0.25, 0.3) is 0 Å². The number of hydrogen-bond donors (Lipinski definition) is 0. The molecule has 0 spiro atoms. The first kappa shape index (κ1) is 39.4. The molecule has 1 atom stereocenters. The van der Waals surface area contributed by atoms with Gasteiger partial charge in [-0.15, -0.1) is 0 Å². The molecule has 0 aliphatic heterocycles. The molecule has 0 amide bonds. The second-order valence-corrected chi connectivity index (χ2v) is 12.7. The van der Waals surface area contributed by atoms with E-state index in [0.717, 1.165) is 6.61 Å². The van der Waals surface area contributed by atoms with Crippen molar-refractivity contribution in [2.24, 2.45) is 0 Å². The summed E-state index contributed by atoms with van der Waals surface area (Å²) in [5.74, 6) is 0. The van der Waals surface area contributed by atoms with Crippen molar-refractivity contribution >= 4 is 0 Å². The lowest BCUT2D eigenvalue weighted by Crippen LogP contribution is -2.09. The molecule has 0 heterocycles. The predicted molar refractivity (Wildman–Crippen MR) is 184 cm³/mol. The van der Waals surface area contributed by atoms with Crippen LogP contribution < -0.4 is 0 Å². The minimum Gasteiger partial charge on any atom is -0.379 e. The van der Waals surface area contributed by atoms with Crippen LogP contribution in [0.2, 0.25) is 0 Å². The maximum absolute atomic E-state index is 6.07. The fraction of sp³-hybridized carbons (Fsp3) is 0.897. The lowest BCUT2D eigenvalue weighted by Gasteiger charge is -2.13. The Bertz CT molecular complexity index is 449. The molecule has 1 heteroatoms. The SMILES string of the molecule is CCCCCCCC/C=C\CCCCCCCCCC(C)OCCCCCCCC/C=C\CCCCCCCC. The zero-order valence-corrected chi connectivity index (χ0v) is 28.2. The van der Waals surface area contributed by atoms with Crippen LogP contribution in [0.4, 0.5) is 0 Å². The Morgan fingerprint density at radius 3 is 1.05 bits per heavy atom. The van der Waals surface area contributed by atoms with Crippen LogP contribution in [0.3, 0.4) is 0 Å². The monoisotopic (exact) mass is 561 g/mol. The Morgan fingerprint density at radius 2 is 0.675 bits per heavy atom. The zero-order valence-electron chi connectivity index (χ0n) is 28.2. The number of unbranched alkanes of at least 4 members (excludes halogenated alkanes) is 25. The van der Waals surface area contributed by atoms with Crippen molar-refractivity contribution in [1.82, 2.24) is 0 Å². The molecular formula is C39H76O. The van der Waals surface area contributed by atoms with E-state index in [1.165, 1.54) is 193 Å². The zero-order chi connectivity index (χ0) is 29.0. The van der Waals surface area contributed by atoms with E-state index >= 15 is 0 Å². The van der Waals surface area contributed by atoms with Gasteiger partial charge in [-0.05, 0) is 71.1 Å². The molecule has 238 valence electrons. The van der Waals surface area contributed by atoms with Crippen LogP contribution >= 0.6 is 0 Å². The first-order valence-corrected chi connectivity index (χ1v) is 18.7. The molecule has 0 aromatic heterocycles. The quantitative estimate of drug-likeness (QED) is 0.0561. The van der Waals surface area contributed by atoms with E-state index in [4.69, 9.17) is 4.74 Å². The van der Waals surface area contributed by atoms with Crippen molar-refractivity contribution in [1.29, 1.82) is 0 Å². The van der Waals surface area contributed by atoms with E-state index in [0.29, 0.717) is 6.10 Å². The average molecular weight is 561 g/mol. The fourth-order valence-corrected chi connectivity index (χ4v) is 5.57. The molecule has 1 nitrogen and oxygen atoms in total. The smallest absolute Gasteiger partial charge is 0.0547 e. The van der Waals surface area contributed by atoms with Crippen molar-refractivity contribution < 1.29 is 4.74 Å². The van der Waals surface area contributed by atoms with E-state index in [2.05, 4.69) is 45.1 Å². The molecule has 0 aliphatic rings. The molecule has 40 heavy (non-hydrogen) atoms. The average Bonchev–Trinajstić information content (AvgIpc) is 2.96. The third-order valence-electron chi connectivity index (χ3n) is 8.43. The van der Waals surface area contributed by atoms with E-state index < -0.39 is 0 Å². The van der Waals surface area contributed by atoms with Gasteiger partial charge in [0.05, 0.1) is 6.10 Å². The van der Waals surface area contributed by atoms with Crippen LogP contribution in [-0.2, 0) is 4.74 Å². The summed E-state index contributed by atoms with van der Waals surface area (Å²) in [5, 5.41) is 0. The van der Waals surface area contributed by atoms with Gasteiger partial charge in [-0.2, -0.15) is 0 Å². The van der Waals surface area contributed by atoms with Gasteiger partial charge < -0.3 is 4.74 Å². The molecule has 0 saturated carbocycles. The molecule has 1 unspecified atom stereocenters. The summed E-state index contributed by atoms with van der Waals surface area (Å²) in [6, 6.07) is 0. The van der Waals surface area contributed by atoms with Gasteiger partial charge in [-0.1, -0.05) is 167 Å². The van der Waals surface area contributed by atoms with Crippen molar-refractivity contribution in [2.45, 2.75) is 219 Å². The molecule has 0 aromatic carbocycles. The molecule has 0 aliphatic carbocycles. The summed E-state index contributed by atoms with van der Waals surface area (Å²) in [6.07, 6.45) is 51.4. The van der Waals surface area contributed by atoms with Gasteiger partial charge in [-0.25, -0.2) is 0 Å².